The van der Waals surface area contributed by atoms with Crippen molar-refractivity contribution in [3.05, 3.63) is 24.3 Å². The summed E-state index contributed by atoms with van der Waals surface area (Å²) in [6.07, 6.45) is -2.45. The second-order valence-electron chi connectivity index (χ2n) is 6.61. The summed E-state index contributed by atoms with van der Waals surface area (Å²) in [5, 5.41) is 5.95. The average Bonchev–Trinajstić information content (AvgIpc) is 2.48. The van der Waals surface area contributed by atoms with Crippen LogP contribution in [-0.2, 0) is 4.79 Å². The van der Waals surface area contributed by atoms with Gasteiger partial charge in [-0.25, -0.2) is 0 Å². The van der Waals surface area contributed by atoms with E-state index >= 15 is 0 Å². The summed E-state index contributed by atoms with van der Waals surface area (Å²) in [6.45, 7) is 0.293. The molecule has 0 saturated heterocycles. The molecule has 134 valence electrons. The molecule has 0 bridgehead atoms. The van der Waals surface area contributed by atoms with Gasteiger partial charge in [-0.3, -0.25) is 4.79 Å². The molecule has 1 aromatic rings. The van der Waals surface area contributed by atoms with Crippen LogP contribution < -0.4 is 10.6 Å². The molecule has 0 unspecified atom stereocenters. The molecule has 4 nitrogen and oxygen atoms in total. The number of carbonyl (C=O) groups is 1. The van der Waals surface area contributed by atoms with Crippen molar-refractivity contribution in [2.24, 2.45) is 5.92 Å². The van der Waals surface area contributed by atoms with Crippen molar-refractivity contribution in [1.82, 2.24) is 4.90 Å². The van der Waals surface area contributed by atoms with Crippen molar-refractivity contribution in [2.45, 2.75) is 37.9 Å². The van der Waals surface area contributed by atoms with Crippen LogP contribution in [0.2, 0.25) is 0 Å². The first kappa shape index (κ1) is 18.6. The minimum Gasteiger partial charge on any atom is -0.382 e. The van der Waals surface area contributed by atoms with Crippen LogP contribution in [-0.4, -0.2) is 43.7 Å². The highest BCUT2D eigenvalue weighted by Crippen LogP contribution is 2.38. The van der Waals surface area contributed by atoms with Crippen molar-refractivity contribution in [1.29, 1.82) is 0 Å². The molecular weight excluding hydrogens is 319 g/mol. The van der Waals surface area contributed by atoms with E-state index < -0.39 is 12.1 Å². The van der Waals surface area contributed by atoms with Crippen LogP contribution >= 0.6 is 0 Å². The lowest BCUT2D eigenvalue weighted by molar-refractivity contribution is -0.182. The SMILES string of the molecule is CN(C)CC(=O)Nc1ccc(N[C@@H]2CCC[C@H](C(F)(F)F)C2)cc1. The van der Waals surface area contributed by atoms with Gasteiger partial charge in [0.2, 0.25) is 5.91 Å². The molecule has 7 heteroatoms. The Morgan fingerprint density at radius 1 is 1.17 bits per heavy atom. The van der Waals surface area contributed by atoms with E-state index in [1.807, 2.05) is 14.1 Å². The van der Waals surface area contributed by atoms with Gasteiger partial charge in [0.25, 0.3) is 0 Å². The summed E-state index contributed by atoms with van der Waals surface area (Å²) in [6, 6.07) is 6.89. The lowest BCUT2D eigenvalue weighted by Crippen LogP contribution is -2.34. The zero-order valence-electron chi connectivity index (χ0n) is 14.0. The Balaban J connectivity index is 1.88. The monoisotopic (exact) mass is 343 g/mol. The van der Waals surface area contributed by atoms with E-state index in [1.165, 1.54) is 0 Å². The third-order valence-electron chi connectivity index (χ3n) is 4.14. The summed E-state index contributed by atoms with van der Waals surface area (Å²) >= 11 is 0. The largest absolute Gasteiger partial charge is 0.391 e. The summed E-state index contributed by atoms with van der Waals surface area (Å²) < 4.78 is 38.5. The Kier molecular flexibility index (Phi) is 6.10. The molecule has 2 rings (SSSR count). The maximum absolute atomic E-state index is 12.8. The van der Waals surface area contributed by atoms with Crippen LogP contribution in [0.15, 0.2) is 24.3 Å². The maximum Gasteiger partial charge on any atom is 0.391 e. The van der Waals surface area contributed by atoms with E-state index in [-0.39, 0.29) is 24.8 Å². The zero-order chi connectivity index (χ0) is 17.7. The van der Waals surface area contributed by atoms with E-state index in [4.69, 9.17) is 0 Å². The highest BCUT2D eigenvalue weighted by Gasteiger charge is 2.42. The van der Waals surface area contributed by atoms with Gasteiger partial charge in [-0.15, -0.1) is 0 Å². The quantitative estimate of drug-likeness (QED) is 0.856. The molecule has 24 heavy (non-hydrogen) atoms. The van der Waals surface area contributed by atoms with Gasteiger partial charge in [0.05, 0.1) is 12.5 Å². The van der Waals surface area contributed by atoms with Gasteiger partial charge in [-0.05, 0) is 57.6 Å². The molecule has 2 N–H and O–H groups in total. The molecule has 1 saturated carbocycles. The van der Waals surface area contributed by atoms with Crippen molar-refractivity contribution >= 4 is 17.3 Å². The second kappa shape index (κ2) is 7.88. The van der Waals surface area contributed by atoms with Crippen LogP contribution in [0.3, 0.4) is 0 Å². The standard InChI is InChI=1S/C17H24F3N3O/c1-23(2)11-16(24)22-14-8-6-13(7-9-14)21-15-5-3-4-12(10-15)17(18,19)20/h6-9,12,15,21H,3-5,10-11H2,1-2H3,(H,22,24)/t12-,15+/m0/s1. The maximum atomic E-state index is 12.8. The Labute approximate surface area is 140 Å². The highest BCUT2D eigenvalue weighted by molar-refractivity contribution is 5.92. The van der Waals surface area contributed by atoms with Crippen molar-refractivity contribution in [2.75, 3.05) is 31.3 Å². The molecule has 0 radical (unpaired) electrons. The molecule has 1 fully saturated rings. The number of hydrogen-bond donors (Lipinski definition) is 2. The molecule has 2 atom stereocenters. The fourth-order valence-electron chi connectivity index (χ4n) is 2.99. The number of halogens is 3. The first-order valence-corrected chi connectivity index (χ1v) is 8.12. The van der Waals surface area contributed by atoms with Gasteiger partial charge in [0, 0.05) is 17.4 Å². The lowest BCUT2D eigenvalue weighted by atomic mass is 9.85. The van der Waals surface area contributed by atoms with Crippen molar-refractivity contribution < 1.29 is 18.0 Å². The van der Waals surface area contributed by atoms with E-state index in [9.17, 15) is 18.0 Å². The second-order valence-corrected chi connectivity index (χ2v) is 6.61. The summed E-state index contributed by atoms with van der Waals surface area (Å²) in [5.41, 5.74) is 1.44. The van der Waals surface area contributed by atoms with Crippen molar-refractivity contribution in [3.63, 3.8) is 0 Å². The average molecular weight is 343 g/mol. The number of rotatable bonds is 5. The van der Waals surface area contributed by atoms with E-state index in [2.05, 4.69) is 10.6 Å². The molecule has 0 heterocycles. The number of nitrogens with zero attached hydrogens (tertiary/aromatic N) is 1. The first-order chi connectivity index (χ1) is 11.2. The molecule has 0 aromatic heterocycles. The Morgan fingerprint density at radius 2 is 1.79 bits per heavy atom. The molecule has 1 aliphatic carbocycles. The lowest BCUT2D eigenvalue weighted by Gasteiger charge is -2.31. The van der Waals surface area contributed by atoms with Crippen LogP contribution in [0, 0.1) is 5.92 Å². The predicted octanol–water partition coefficient (Wildman–Crippen LogP) is 3.72. The molecule has 1 aliphatic rings. The minimum atomic E-state index is -4.11. The normalized spacial score (nSPS) is 21.6. The van der Waals surface area contributed by atoms with E-state index in [0.29, 0.717) is 18.7 Å². The number of nitrogens with one attached hydrogen (secondary N) is 2. The van der Waals surface area contributed by atoms with Crippen LogP contribution in [0.4, 0.5) is 24.5 Å². The molecule has 1 aromatic carbocycles. The number of likely N-dealkylation sites (N-methyl/N-ethyl adjacent to an activating group) is 1. The van der Waals surface area contributed by atoms with E-state index in [1.54, 1.807) is 29.2 Å². The molecule has 0 spiro atoms. The van der Waals surface area contributed by atoms with Crippen LogP contribution in [0.25, 0.3) is 0 Å². The number of anilines is 2. The number of hydrogen-bond acceptors (Lipinski definition) is 3. The fourth-order valence-corrected chi connectivity index (χ4v) is 2.99. The van der Waals surface area contributed by atoms with Gasteiger partial charge in [0.15, 0.2) is 0 Å². The Morgan fingerprint density at radius 3 is 2.38 bits per heavy atom. The Hall–Kier alpha value is -1.76. The molecular formula is C17H24F3N3O. The number of alkyl halides is 3. The summed E-state index contributed by atoms with van der Waals surface area (Å²) in [4.78, 5) is 13.4. The van der Waals surface area contributed by atoms with Crippen molar-refractivity contribution in [3.8, 4) is 0 Å². The highest BCUT2D eigenvalue weighted by atomic mass is 19.4. The van der Waals surface area contributed by atoms with Gasteiger partial charge in [0.1, 0.15) is 0 Å². The third-order valence-corrected chi connectivity index (χ3v) is 4.14. The van der Waals surface area contributed by atoms with Gasteiger partial charge >= 0.3 is 6.18 Å². The smallest absolute Gasteiger partial charge is 0.382 e. The van der Waals surface area contributed by atoms with Gasteiger partial charge < -0.3 is 15.5 Å². The summed E-state index contributed by atoms with van der Waals surface area (Å²) in [7, 11) is 3.62. The first-order valence-electron chi connectivity index (χ1n) is 8.12. The fraction of sp³-hybridized carbons (Fsp3) is 0.588. The third kappa shape index (κ3) is 5.70. The Bertz CT molecular complexity index is 543. The number of benzene rings is 1. The molecule has 0 aliphatic heterocycles. The minimum absolute atomic E-state index is 0.110. The number of amides is 1. The summed E-state index contributed by atoms with van der Waals surface area (Å²) in [5.74, 6) is -1.32. The van der Waals surface area contributed by atoms with Gasteiger partial charge in [-0.1, -0.05) is 6.42 Å². The van der Waals surface area contributed by atoms with Crippen LogP contribution in [0.5, 0.6) is 0 Å². The molecule has 1 amide bonds. The topological polar surface area (TPSA) is 44.4 Å². The van der Waals surface area contributed by atoms with E-state index in [0.717, 1.165) is 12.1 Å². The predicted molar refractivity (Wildman–Crippen MR) is 89.0 cm³/mol. The van der Waals surface area contributed by atoms with Gasteiger partial charge in [-0.2, -0.15) is 13.2 Å². The number of carbonyl (C=O) groups excluding carboxylic acids is 1. The van der Waals surface area contributed by atoms with Crippen LogP contribution in [0.1, 0.15) is 25.7 Å². The zero-order valence-corrected chi connectivity index (χ0v) is 14.0.